The Bertz CT molecular complexity index is 195. The molecule has 0 radical (unpaired) electrons. The molecule has 3 nitrogen and oxygen atoms in total. The van der Waals surface area contributed by atoms with Crippen molar-refractivity contribution in [1.82, 2.24) is 10.2 Å². The van der Waals surface area contributed by atoms with Gasteiger partial charge in [0.1, 0.15) is 0 Å². The van der Waals surface area contributed by atoms with Crippen LogP contribution in [-0.2, 0) is 0 Å². The molecule has 0 bridgehead atoms. The lowest BCUT2D eigenvalue weighted by molar-refractivity contribution is 0.162. The van der Waals surface area contributed by atoms with Crippen LogP contribution in [0.1, 0.15) is 33.1 Å². The van der Waals surface area contributed by atoms with E-state index in [0.717, 1.165) is 13.1 Å². The van der Waals surface area contributed by atoms with Crippen molar-refractivity contribution in [2.75, 3.05) is 19.6 Å². The van der Waals surface area contributed by atoms with Crippen LogP contribution in [-0.4, -0.2) is 36.6 Å². The zero-order chi connectivity index (χ0) is 10.4. The summed E-state index contributed by atoms with van der Waals surface area (Å²) in [7, 11) is 0. The van der Waals surface area contributed by atoms with Crippen molar-refractivity contribution in [2.24, 2.45) is 0 Å². The summed E-state index contributed by atoms with van der Waals surface area (Å²) < 4.78 is 0. The van der Waals surface area contributed by atoms with Gasteiger partial charge >= 0.3 is 0 Å². The van der Waals surface area contributed by atoms with E-state index in [1.807, 2.05) is 0 Å². The third-order valence-corrected chi connectivity index (χ3v) is 2.78. The summed E-state index contributed by atoms with van der Waals surface area (Å²) in [5.41, 5.74) is 0. The molecule has 1 fully saturated rings. The molecule has 3 heteroatoms. The molecule has 1 saturated heterocycles. The van der Waals surface area contributed by atoms with Gasteiger partial charge in [0.25, 0.3) is 0 Å². The SMILES string of the molecule is CC(C)NCC1CCCCN1CC#N. The monoisotopic (exact) mass is 195 g/mol. The molecule has 1 atom stereocenters. The maximum atomic E-state index is 8.70. The number of nitrogens with zero attached hydrogens (tertiary/aromatic N) is 2. The number of rotatable bonds is 4. The Balaban J connectivity index is 2.34. The van der Waals surface area contributed by atoms with Gasteiger partial charge in [-0.1, -0.05) is 20.3 Å². The van der Waals surface area contributed by atoms with Crippen LogP contribution in [0.15, 0.2) is 0 Å². The van der Waals surface area contributed by atoms with Crippen molar-refractivity contribution in [3.05, 3.63) is 0 Å². The predicted molar refractivity (Wildman–Crippen MR) is 58.0 cm³/mol. The van der Waals surface area contributed by atoms with Crippen LogP contribution in [0.25, 0.3) is 0 Å². The lowest BCUT2D eigenvalue weighted by Gasteiger charge is -2.34. The topological polar surface area (TPSA) is 39.1 Å². The molecule has 0 spiro atoms. The van der Waals surface area contributed by atoms with Gasteiger partial charge in [-0.25, -0.2) is 0 Å². The van der Waals surface area contributed by atoms with Crippen LogP contribution < -0.4 is 5.32 Å². The van der Waals surface area contributed by atoms with Gasteiger partial charge in [0, 0.05) is 18.6 Å². The first kappa shape index (κ1) is 11.5. The van der Waals surface area contributed by atoms with E-state index >= 15 is 0 Å². The van der Waals surface area contributed by atoms with Gasteiger partial charge in [0.2, 0.25) is 0 Å². The fraction of sp³-hybridized carbons (Fsp3) is 0.909. The normalized spacial score (nSPS) is 23.7. The molecule has 1 aliphatic rings. The number of likely N-dealkylation sites (tertiary alicyclic amines) is 1. The first-order valence-electron chi connectivity index (χ1n) is 5.58. The van der Waals surface area contributed by atoms with Crippen LogP contribution >= 0.6 is 0 Å². The molecule has 0 aromatic heterocycles. The number of nitrogens with one attached hydrogen (secondary N) is 1. The van der Waals surface area contributed by atoms with E-state index < -0.39 is 0 Å². The molecule has 14 heavy (non-hydrogen) atoms. The van der Waals surface area contributed by atoms with Crippen LogP contribution in [0, 0.1) is 11.3 Å². The Morgan fingerprint density at radius 1 is 1.50 bits per heavy atom. The lowest BCUT2D eigenvalue weighted by atomic mass is 10.0. The van der Waals surface area contributed by atoms with Crippen molar-refractivity contribution in [2.45, 2.75) is 45.2 Å². The second-order valence-electron chi connectivity index (χ2n) is 4.34. The Morgan fingerprint density at radius 2 is 2.29 bits per heavy atom. The number of hydrogen-bond acceptors (Lipinski definition) is 3. The summed E-state index contributed by atoms with van der Waals surface area (Å²) in [5.74, 6) is 0. The van der Waals surface area contributed by atoms with E-state index in [2.05, 4.69) is 30.1 Å². The standard InChI is InChI=1S/C11H21N3/c1-10(2)13-9-11-5-3-4-7-14(11)8-6-12/h10-11,13H,3-5,7-9H2,1-2H3. The van der Waals surface area contributed by atoms with Crippen LogP contribution in [0.5, 0.6) is 0 Å². The average Bonchev–Trinajstić information content (AvgIpc) is 2.17. The molecule has 0 saturated carbocycles. The van der Waals surface area contributed by atoms with Crippen molar-refractivity contribution >= 4 is 0 Å². The largest absolute Gasteiger partial charge is 0.313 e. The summed E-state index contributed by atoms with van der Waals surface area (Å²) in [6, 6.07) is 3.37. The summed E-state index contributed by atoms with van der Waals surface area (Å²) in [6.07, 6.45) is 3.80. The molecule has 1 N–H and O–H groups in total. The summed E-state index contributed by atoms with van der Waals surface area (Å²) >= 11 is 0. The van der Waals surface area contributed by atoms with Crippen molar-refractivity contribution in [3.8, 4) is 6.07 Å². The van der Waals surface area contributed by atoms with Crippen molar-refractivity contribution in [3.63, 3.8) is 0 Å². The highest BCUT2D eigenvalue weighted by molar-refractivity contribution is 4.85. The van der Waals surface area contributed by atoms with Gasteiger partial charge in [-0.05, 0) is 19.4 Å². The van der Waals surface area contributed by atoms with Crippen molar-refractivity contribution in [1.29, 1.82) is 5.26 Å². The van der Waals surface area contributed by atoms with Gasteiger partial charge in [-0.2, -0.15) is 5.26 Å². The molecule has 1 aliphatic heterocycles. The smallest absolute Gasteiger partial charge is 0.0868 e. The maximum absolute atomic E-state index is 8.70. The molecule has 0 aliphatic carbocycles. The summed E-state index contributed by atoms with van der Waals surface area (Å²) in [6.45, 7) is 7.04. The second-order valence-corrected chi connectivity index (χ2v) is 4.34. The van der Waals surface area contributed by atoms with Gasteiger partial charge < -0.3 is 5.32 Å². The number of hydrogen-bond donors (Lipinski definition) is 1. The summed E-state index contributed by atoms with van der Waals surface area (Å²) in [5, 5.41) is 12.2. The average molecular weight is 195 g/mol. The van der Waals surface area contributed by atoms with E-state index in [0.29, 0.717) is 18.6 Å². The lowest BCUT2D eigenvalue weighted by Crippen LogP contribution is -2.46. The van der Waals surface area contributed by atoms with E-state index in [9.17, 15) is 0 Å². The molecule has 1 heterocycles. The predicted octanol–water partition coefficient (Wildman–Crippen LogP) is 1.36. The van der Waals surface area contributed by atoms with E-state index in [-0.39, 0.29) is 0 Å². The molecule has 80 valence electrons. The zero-order valence-corrected chi connectivity index (χ0v) is 9.29. The van der Waals surface area contributed by atoms with Crippen LogP contribution in [0.4, 0.5) is 0 Å². The Morgan fingerprint density at radius 3 is 2.93 bits per heavy atom. The minimum atomic E-state index is 0.542. The maximum Gasteiger partial charge on any atom is 0.0868 e. The second kappa shape index (κ2) is 6.00. The van der Waals surface area contributed by atoms with Gasteiger partial charge in [0.15, 0.2) is 0 Å². The van der Waals surface area contributed by atoms with Gasteiger partial charge in [0.05, 0.1) is 12.6 Å². The van der Waals surface area contributed by atoms with Crippen LogP contribution in [0.3, 0.4) is 0 Å². The highest BCUT2D eigenvalue weighted by Crippen LogP contribution is 2.15. The molecule has 1 rings (SSSR count). The minimum Gasteiger partial charge on any atom is -0.313 e. The molecule has 1 unspecified atom stereocenters. The number of nitriles is 1. The quantitative estimate of drug-likeness (QED) is 0.688. The van der Waals surface area contributed by atoms with Gasteiger partial charge in [-0.3, -0.25) is 4.90 Å². The van der Waals surface area contributed by atoms with E-state index in [1.165, 1.54) is 19.3 Å². The van der Waals surface area contributed by atoms with E-state index in [1.54, 1.807) is 0 Å². The third-order valence-electron chi connectivity index (χ3n) is 2.78. The first-order chi connectivity index (χ1) is 6.74. The molecular weight excluding hydrogens is 174 g/mol. The van der Waals surface area contributed by atoms with E-state index in [4.69, 9.17) is 5.26 Å². The fourth-order valence-electron chi connectivity index (χ4n) is 1.96. The minimum absolute atomic E-state index is 0.542. The van der Waals surface area contributed by atoms with Gasteiger partial charge in [-0.15, -0.1) is 0 Å². The Hall–Kier alpha value is -0.590. The Labute approximate surface area is 87.1 Å². The molecule has 0 aromatic rings. The van der Waals surface area contributed by atoms with Crippen LogP contribution in [0.2, 0.25) is 0 Å². The van der Waals surface area contributed by atoms with Crippen molar-refractivity contribution < 1.29 is 0 Å². The first-order valence-corrected chi connectivity index (χ1v) is 5.58. The highest BCUT2D eigenvalue weighted by Gasteiger charge is 2.21. The summed E-state index contributed by atoms with van der Waals surface area (Å²) in [4.78, 5) is 2.30. The Kier molecular flexibility index (Phi) is 4.92. The highest BCUT2D eigenvalue weighted by atomic mass is 15.2. The third kappa shape index (κ3) is 3.65. The molecular formula is C11H21N3. The molecule has 0 amide bonds. The molecule has 0 aromatic carbocycles. The zero-order valence-electron chi connectivity index (χ0n) is 9.29. The fourth-order valence-corrected chi connectivity index (χ4v) is 1.96. The number of piperidine rings is 1.